The molecule has 0 saturated heterocycles. The molecule has 0 aliphatic heterocycles. The zero-order chi connectivity index (χ0) is 25.1. The molecule has 176 valence electrons. The van der Waals surface area contributed by atoms with E-state index >= 15 is 0 Å². The van der Waals surface area contributed by atoms with Gasteiger partial charge in [0.25, 0.3) is 0 Å². The fraction of sp³-hybridized carbons (Fsp3) is 0.0270. The summed E-state index contributed by atoms with van der Waals surface area (Å²) < 4.78 is 0. The highest BCUT2D eigenvalue weighted by molar-refractivity contribution is 6.95. The average Bonchev–Trinajstić information content (AvgIpc) is 3.46. The maximum absolute atomic E-state index is 2.47. The molecular formula is C37H25B. The molecule has 0 aromatic heterocycles. The number of hydrogen-bond donors (Lipinski definition) is 0. The van der Waals surface area contributed by atoms with E-state index in [-0.39, 0.29) is 12.1 Å². The second-order valence-electron chi connectivity index (χ2n) is 10.4. The smallest absolute Gasteiger partial charge is 0.0687 e. The van der Waals surface area contributed by atoms with Crippen molar-refractivity contribution < 1.29 is 0 Å². The third kappa shape index (κ3) is 2.82. The lowest BCUT2D eigenvalue weighted by Crippen LogP contribution is -2.52. The van der Waals surface area contributed by atoms with Gasteiger partial charge in [0.2, 0.25) is 6.71 Å². The van der Waals surface area contributed by atoms with Crippen LogP contribution in [-0.2, 0) is 5.41 Å². The van der Waals surface area contributed by atoms with Crippen molar-refractivity contribution >= 4 is 23.1 Å². The van der Waals surface area contributed by atoms with E-state index in [1.54, 1.807) is 0 Å². The molecule has 38 heavy (non-hydrogen) atoms. The van der Waals surface area contributed by atoms with Crippen molar-refractivity contribution in [3.63, 3.8) is 0 Å². The monoisotopic (exact) mass is 480 g/mol. The lowest BCUT2D eigenvalue weighted by Gasteiger charge is -2.30. The molecule has 1 spiro atoms. The largest absolute Gasteiger partial charge is 0.241 e. The average molecular weight is 480 g/mol. The lowest BCUT2D eigenvalue weighted by atomic mass is 9.36. The minimum absolute atomic E-state index is 0.176. The van der Waals surface area contributed by atoms with Gasteiger partial charge in [0.15, 0.2) is 0 Å². The Balaban J connectivity index is 1.42. The van der Waals surface area contributed by atoms with Crippen molar-refractivity contribution in [2.45, 2.75) is 5.41 Å². The molecule has 0 saturated carbocycles. The number of hydrogen-bond acceptors (Lipinski definition) is 0. The molecule has 6 aromatic carbocycles. The van der Waals surface area contributed by atoms with E-state index in [9.17, 15) is 0 Å². The lowest BCUT2D eigenvalue weighted by molar-refractivity contribution is 0.794. The first-order chi connectivity index (χ1) is 18.9. The normalized spacial score (nSPS) is 13.5. The van der Waals surface area contributed by atoms with Gasteiger partial charge in [-0.25, -0.2) is 0 Å². The third-order valence-electron chi connectivity index (χ3n) is 8.62. The van der Waals surface area contributed by atoms with Crippen molar-refractivity contribution in [3.05, 3.63) is 174 Å². The van der Waals surface area contributed by atoms with Gasteiger partial charge in [-0.1, -0.05) is 168 Å². The van der Waals surface area contributed by atoms with E-state index in [1.807, 2.05) is 0 Å². The van der Waals surface area contributed by atoms with E-state index in [0.29, 0.717) is 0 Å². The summed E-state index contributed by atoms with van der Waals surface area (Å²) in [6.45, 7) is 0.176. The first-order valence-electron chi connectivity index (χ1n) is 13.4. The molecule has 6 aromatic rings. The third-order valence-corrected chi connectivity index (χ3v) is 8.62. The Labute approximate surface area is 224 Å². The molecule has 2 aliphatic carbocycles. The SMILES string of the molecule is c1ccc(B(c2ccccc2)c2ccc3c(c2)-c2ccccc2C32c3ccccc3-c3ccccc32)cc1. The summed E-state index contributed by atoms with van der Waals surface area (Å²) in [6.07, 6.45) is 0. The summed E-state index contributed by atoms with van der Waals surface area (Å²) in [4.78, 5) is 0. The highest BCUT2D eigenvalue weighted by Crippen LogP contribution is 2.62. The van der Waals surface area contributed by atoms with Gasteiger partial charge < -0.3 is 0 Å². The summed E-state index contributed by atoms with van der Waals surface area (Å²) in [5, 5.41) is 0. The number of fused-ring (bicyclic) bond motifs is 10. The van der Waals surface area contributed by atoms with Crippen LogP contribution in [-0.4, -0.2) is 6.71 Å². The topological polar surface area (TPSA) is 0 Å². The second kappa shape index (κ2) is 8.20. The molecule has 0 N–H and O–H groups in total. The molecule has 0 bridgehead atoms. The Morgan fingerprint density at radius 2 is 0.711 bits per heavy atom. The van der Waals surface area contributed by atoms with Gasteiger partial charge in [-0.2, -0.15) is 0 Å². The summed E-state index contributed by atoms with van der Waals surface area (Å²) in [5.41, 5.74) is 14.6. The van der Waals surface area contributed by atoms with Gasteiger partial charge >= 0.3 is 0 Å². The maximum Gasteiger partial charge on any atom is 0.241 e. The van der Waals surface area contributed by atoms with Crippen LogP contribution in [0.5, 0.6) is 0 Å². The summed E-state index contributed by atoms with van der Waals surface area (Å²) >= 11 is 0. The number of benzene rings is 6. The first kappa shape index (κ1) is 21.5. The molecule has 2 aliphatic rings. The van der Waals surface area contributed by atoms with Crippen LogP contribution in [0.25, 0.3) is 22.3 Å². The van der Waals surface area contributed by atoms with Gasteiger partial charge in [-0.15, -0.1) is 0 Å². The minimum atomic E-state index is -0.285. The Morgan fingerprint density at radius 1 is 0.316 bits per heavy atom. The van der Waals surface area contributed by atoms with Crippen molar-refractivity contribution in [2.75, 3.05) is 0 Å². The Bertz CT molecular complexity index is 1730. The zero-order valence-corrected chi connectivity index (χ0v) is 21.0. The van der Waals surface area contributed by atoms with Crippen LogP contribution in [0, 0.1) is 0 Å². The second-order valence-corrected chi connectivity index (χ2v) is 10.4. The van der Waals surface area contributed by atoms with Crippen LogP contribution in [0.2, 0.25) is 0 Å². The molecule has 0 unspecified atom stereocenters. The van der Waals surface area contributed by atoms with Crippen molar-refractivity contribution in [3.8, 4) is 22.3 Å². The van der Waals surface area contributed by atoms with E-state index in [1.165, 1.54) is 60.9 Å². The van der Waals surface area contributed by atoms with Crippen molar-refractivity contribution in [2.24, 2.45) is 0 Å². The maximum atomic E-state index is 2.47. The van der Waals surface area contributed by atoms with Crippen LogP contribution in [0.15, 0.2) is 152 Å². The highest BCUT2D eigenvalue weighted by Gasteiger charge is 2.51. The molecular weight excluding hydrogens is 455 g/mol. The van der Waals surface area contributed by atoms with Crippen LogP contribution in [0.1, 0.15) is 22.3 Å². The fourth-order valence-corrected chi connectivity index (χ4v) is 7.17. The molecule has 0 radical (unpaired) electrons. The summed E-state index contributed by atoms with van der Waals surface area (Å²) in [5.74, 6) is 0. The predicted molar refractivity (Wildman–Crippen MR) is 160 cm³/mol. The molecule has 8 rings (SSSR count). The Morgan fingerprint density at radius 3 is 1.21 bits per heavy atom. The molecule has 0 amide bonds. The van der Waals surface area contributed by atoms with Crippen LogP contribution in [0.3, 0.4) is 0 Å². The highest BCUT2D eigenvalue weighted by atomic mass is 14.5. The summed E-state index contributed by atoms with van der Waals surface area (Å²) in [7, 11) is 0. The Hall–Kier alpha value is -4.62. The molecule has 0 nitrogen and oxygen atoms in total. The van der Waals surface area contributed by atoms with E-state index < -0.39 is 0 Å². The first-order valence-corrected chi connectivity index (χ1v) is 13.4. The predicted octanol–water partition coefficient (Wildman–Crippen LogP) is 6.55. The zero-order valence-electron chi connectivity index (χ0n) is 21.0. The van der Waals surface area contributed by atoms with Gasteiger partial charge in [0, 0.05) is 0 Å². The van der Waals surface area contributed by atoms with Gasteiger partial charge in [0.1, 0.15) is 0 Å². The molecule has 1 heteroatoms. The standard InChI is InChI=1S/C37H25B/c1-3-13-26(14-4-1)38(27-15-5-2-6-16-27)28-23-24-36-32(25-28)31-19-9-12-22-35(31)37(36)33-20-10-7-17-29(33)30-18-8-11-21-34(30)37/h1-25H. The van der Waals surface area contributed by atoms with E-state index in [4.69, 9.17) is 0 Å². The van der Waals surface area contributed by atoms with Crippen molar-refractivity contribution in [1.82, 2.24) is 0 Å². The van der Waals surface area contributed by atoms with Crippen molar-refractivity contribution in [1.29, 1.82) is 0 Å². The molecule has 0 atom stereocenters. The molecule has 0 fully saturated rings. The summed E-state index contributed by atoms with van der Waals surface area (Å²) in [6, 6.07) is 56.1. The van der Waals surface area contributed by atoms with Crippen LogP contribution >= 0.6 is 0 Å². The quantitative estimate of drug-likeness (QED) is 0.252. The van der Waals surface area contributed by atoms with Crippen LogP contribution < -0.4 is 16.4 Å². The van der Waals surface area contributed by atoms with Gasteiger partial charge in [-0.3, -0.25) is 0 Å². The van der Waals surface area contributed by atoms with Crippen LogP contribution in [0.4, 0.5) is 0 Å². The van der Waals surface area contributed by atoms with Gasteiger partial charge in [0.05, 0.1) is 5.41 Å². The fourth-order valence-electron chi connectivity index (χ4n) is 7.17. The van der Waals surface area contributed by atoms with E-state index in [2.05, 4.69) is 152 Å². The Kier molecular flexibility index (Phi) is 4.63. The molecule has 0 heterocycles. The van der Waals surface area contributed by atoms with Gasteiger partial charge in [-0.05, 0) is 44.5 Å². The number of rotatable bonds is 3. The minimum Gasteiger partial charge on any atom is -0.0687 e. The van der Waals surface area contributed by atoms with E-state index in [0.717, 1.165) is 0 Å².